The number of benzene rings is 1. The van der Waals surface area contributed by atoms with E-state index in [1.807, 2.05) is 11.8 Å². The van der Waals surface area contributed by atoms with E-state index in [1.165, 1.54) is 17.9 Å². The normalized spacial score (nSPS) is 20.8. The van der Waals surface area contributed by atoms with Crippen molar-refractivity contribution >= 4 is 23.8 Å². The van der Waals surface area contributed by atoms with Crippen LogP contribution in [0.2, 0.25) is 0 Å². The van der Waals surface area contributed by atoms with Gasteiger partial charge in [-0.3, -0.25) is 4.90 Å². The number of halogens is 1. The minimum absolute atomic E-state index is 0.112. The standard InChI is InChI=1S/C16H22FN3O2.C2H4O/c1-2-13-10-20(16(21)22-13)12-3-4-15(14(17)9-12)19-7-5-11(18)6-8-19;1-2-3/h3-4,9,11,13H,2,5-8,10,18H2,1H3;2H,1H3. The first-order valence-corrected chi connectivity index (χ1v) is 8.68. The van der Waals surface area contributed by atoms with E-state index >= 15 is 0 Å². The van der Waals surface area contributed by atoms with E-state index in [0.717, 1.165) is 38.6 Å². The first-order chi connectivity index (χ1) is 12.0. The minimum Gasteiger partial charge on any atom is -0.444 e. The molecule has 2 aliphatic heterocycles. The molecule has 1 unspecified atom stereocenters. The molecule has 0 saturated carbocycles. The van der Waals surface area contributed by atoms with Gasteiger partial charge >= 0.3 is 6.09 Å². The zero-order valence-electron chi connectivity index (χ0n) is 14.8. The zero-order valence-corrected chi connectivity index (χ0v) is 14.8. The SMILES string of the molecule is CC=O.CCC1CN(c2ccc(N3CCC(N)CC3)c(F)c2)C(=O)O1. The lowest BCUT2D eigenvalue weighted by Crippen LogP contribution is -2.40. The van der Waals surface area contributed by atoms with Crippen LogP contribution in [-0.4, -0.2) is 44.2 Å². The molecule has 0 bridgehead atoms. The van der Waals surface area contributed by atoms with Crippen molar-refractivity contribution in [3.8, 4) is 0 Å². The maximum atomic E-state index is 14.4. The maximum Gasteiger partial charge on any atom is 0.414 e. The van der Waals surface area contributed by atoms with Crippen LogP contribution in [0, 0.1) is 5.82 Å². The van der Waals surface area contributed by atoms with Gasteiger partial charge in [-0.15, -0.1) is 0 Å². The number of hydrogen-bond donors (Lipinski definition) is 1. The number of aldehydes is 1. The molecule has 0 aromatic heterocycles. The molecule has 2 heterocycles. The Labute approximate surface area is 147 Å². The molecular weight excluding hydrogens is 325 g/mol. The number of carbonyl (C=O) groups excluding carboxylic acids is 2. The average molecular weight is 351 g/mol. The van der Waals surface area contributed by atoms with Crippen LogP contribution in [0.5, 0.6) is 0 Å². The highest BCUT2D eigenvalue weighted by molar-refractivity contribution is 5.90. The van der Waals surface area contributed by atoms with Crippen molar-refractivity contribution in [1.82, 2.24) is 0 Å². The smallest absolute Gasteiger partial charge is 0.414 e. The van der Waals surface area contributed by atoms with Gasteiger partial charge in [0, 0.05) is 19.1 Å². The number of piperidine rings is 1. The van der Waals surface area contributed by atoms with E-state index in [1.54, 1.807) is 12.1 Å². The number of rotatable bonds is 3. The molecule has 2 saturated heterocycles. The lowest BCUT2D eigenvalue weighted by Gasteiger charge is -2.32. The second-order valence-electron chi connectivity index (χ2n) is 6.22. The predicted octanol–water partition coefficient (Wildman–Crippen LogP) is 2.69. The largest absolute Gasteiger partial charge is 0.444 e. The molecule has 25 heavy (non-hydrogen) atoms. The van der Waals surface area contributed by atoms with Gasteiger partial charge < -0.3 is 20.2 Å². The molecule has 1 amide bonds. The molecular formula is C18H26FN3O3. The highest BCUT2D eigenvalue weighted by Gasteiger charge is 2.31. The lowest BCUT2D eigenvalue weighted by atomic mass is 10.1. The number of ether oxygens (including phenoxy) is 1. The molecule has 1 atom stereocenters. The van der Waals surface area contributed by atoms with Gasteiger partial charge in [0.2, 0.25) is 0 Å². The first kappa shape index (κ1) is 19.2. The predicted molar refractivity (Wildman–Crippen MR) is 95.5 cm³/mol. The molecule has 3 rings (SSSR count). The molecule has 0 radical (unpaired) electrons. The summed E-state index contributed by atoms with van der Waals surface area (Å²) in [5.41, 5.74) is 7.01. The third kappa shape index (κ3) is 4.69. The van der Waals surface area contributed by atoms with E-state index < -0.39 is 6.09 Å². The quantitative estimate of drug-likeness (QED) is 0.848. The summed E-state index contributed by atoms with van der Waals surface area (Å²) in [6, 6.07) is 5.16. The fourth-order valence-electron chi connectivity index (χ4n) is 3.01. The van der Waals surface area contributed by atoms with E-state index in [-0.39, 0.29) is 18.0 Å². The number of amides is 1. The number of hydrogen-bond acceptors (Lipinski definition) is 5. The summed E-state index contributed by atoms with van der Waals surface area (Å²) in [6.45, 7) is 5.42. The Balaban J connectivity index is 0.000000701. The third-order valence-electron chi connectivity index (χ3n) is 4.45. The van der Waals surface area contributed by atoms with Gasteiger partial charge in [0.25, 0.3) is 0 Å². The summed E-state index contributed by atoms with van der Waals surface area (Å²) in [5.74, 6) is -0.305. The second kappa shape index (κ2) is 8.80. The average Bonchev–Trinajstić information content (AvgIpc) is 2.97. The van der Waals surface area contributed by atoms with Crippen LogP contribution in [0.4, 0.5) is 20.6 Å². The van der Waals surface area contributed by atoms with E-state index in [4.69, 9.17) is 15.3 Å². The lowest BCUT2D eigenvalue weighted by molar-refractivity contribution is -0.106. The highest BCUT2D eigenvalue weighted by Crippen LogP contribution is 2.29. The van der Waals surface area contributed by atoms with Crippen LogP contribution in [0.3, 0.4) is 0 Å². The summed E-state index contributed by atoms with van der Waals surface area (Å²) in [5, 5.41) is 0. The van der Waals surface area contributed by atoms with Crippen molar-refractivity contribution in [2.45, 2.75) is 45.3 Å². The Kier molecular flexibility index (Phi) is 6.75. The molecule has 2 fully saturated rings. The van der Waals surface area contributed by atoms with Crippen molar-refractivity contribution in [2.24, 2.45) is 5.73 Å². The van der Waals surface area contributed by atoms with Gasteiger partial charge in [0.1, 0.15) is 18.2 Å². The maximum absolute atomic E-state index is 14.4. The summed E-state index contributed by atoms with van der Waals surface area (Å²) in [4.78, 5) is 24.1. The molecule has 1 aromatic carbocycles. The number of cyclic esters (lactones) is 1. The second-order valence-corrected chi connectivity index (χ2v) is 6.22. The van der Waals surface area contributed by atoms with E-state index in [9.17, 15) is 9.18 Å². The van der Waals surface area contributed by atoms with Gasteiger partial charge in [0.15, 0.2) is 0 Å². The third-order valence-corrected chi connectivity index (χ3v) is 4.45. The Hall–Kier alpha value is -2.15. The molecule has 0 spiro atoms. The van der Waals surface area contributed by atoms with Crippen LogP contribution in [0.25, 0.3) is 0 Å². The van der Waals surface area contributed by atoms with Gasteiger partial charge in [0.05, 0.1) is 17.9 Å². The first-order valence-electron chi connectivity index (χ1n) is 8.68. The van der Waals surface area contributed by atoms with Crippen molar-refractivity contribution < 1.29 is 18.7 Å². The Bertz CT molecular complexity index is 603. The fourth-order valence-corrected chi connectivity index (χ4v) is 3.01. The number of nitrogens with two attached hydrogens (primary N) is 1. The monoisotopic (exact) mass is 351 g/mol. The van der Waals surface area contributed by atoms with Gasteiger partial charge in [-0.2, -0.15) is 0 Å². The highest BCUT2D eigenvalue weighted by atomic mass is 19.1. The summed E-state index contributed by atoms with van der Waals surface area (Å²) < 4.78 is 19.7. The number of carbonyl (C=O) groups is 2. The van der Waals surface area contributed by atoms with Crippen LogP contribution in [0.1, 0.15) is 33.1 Å². The molecule has 1 aromatic rings. The van der Waals surface area contributed by atoms with Crippen LogP contribution in [-0.2, 0) is 9.53 Å². The van der Waals surface area contributed by atoms with Crippen LogP contribution >= 0.6 is 0 Å². The zero-order chi connectivity index (χ0) is 18.4. The van der Waals surface area contributed by atoms with Gasteiger partial charge in [-0.05, 0) is 44.4 Å². The summed E-state index contributed by atoms with van der Waals surface area (Å²) >= 11 is 0. The van der Waals surface area contributed by atoms with Crippen molar-refractivity contribution in [3.63, 3.8) is 0 Å². The number of nitrogens with zero attached hydrogens (tertiary/aromatic N) is 2. The Morgan fingerprint density at radius 1 is 1.36 bits per heavy atom. The van der Waals surface area contributed by atoms with Crippen molar-refractivity contribution in [3.05, 3.63) is 24.0 Å². The van der Waals surface area contributed by atoms with E-state index in [0.29, 0.717) is 17.9 Å². The van der Waals surface area contributed by atoms with Crippen LogP contribution in [0.15, 0.2) is 18.2 Å². The molecule has 2 aliphatic rings. The molecule has 138 valence electrons. The minimum atomic E-state index is -0.400. The van der Waals surface area contributed by atoms with Gasteiger partial charge in [-0.1, -0.05) is 6.92 Å². The molecule has 0 aliphatic carbocycles. The molecule has 6 nitrogen and oxygen atoms in total. The van der Waals surface area contributed by atoms with Crippen molar-refractivity contribution in [2.75, 3.05) is 29.4 Å². The fraction of sp³-hybridized carbons (Fsp3) is 0.556. The number of anilines is 2. The Morgan fingerprint density at radius 3 is 2.52 bits per heavy atom. The topological polar surface area (TPSA) is 75.9 Å². The van der Waals surface area contributed by atoms with Gasteiger partial charge in [-0.25, -0.2) is 9.18 Å². The molecule has 2 N–H and O–H groups in total. The summed E-state index contributed by atoms with van der Waals surface area (Å²) in [6.07, 6.45) is 2.74. The van der Waals surface area contributed by atoms with Crippen molar-refractivity contribution in [1.29, 1.82) is 0 Å². The van der Waals surface area contributed by atoms with E-state index in [2.05, 4.69) is 0 Å². The Morgan fingerprint density at radius 2 is 2.00 bits per heavy atom. The summed E-state index contributed by atoms with van der Waals surface area (Å²) in [7, 11) is 0. The molecule has 7 heteroatoms. The van der Waals surface area contributed by atoms with Crippen LogP contribution < -0.4 is 15.5 Å².